The first-order valence-electron chi connectivity index (χ1n) is 3.63. The molecule has 0 amide bonds. The summed E-state index contributed by atoms with van der Waals surface area (Å²) in [5, 5.41) is 8.85. The molecule has 0 heterocycles. The zero-order valence-electron chi connectivity index (χ0n) is 7.37. The van der Waals surface area contributed by atoms with Crippen LogP contribution in [-0.2, 0) is 9.53 Å². The predicted molar refractivity (Wildman–Crippen MR) is 49.4 cm³/mol. The van der Waals surface area contributed by atoms with E-state index in [0.29, 0.717) is 12.3 Å². The molecule has 0 saturated heterocycles. The molecule has 0 radical (unpaired) electrons. The summed E-state index contributed by atoms with van der Waals surface area (Å²) >= 11 is 1.31. The minimum absolute atomic E-state index is 0.201. The van der Waals surface area contributed by atoms with Crippen molar-refractivity contribution in [3.05, 3.63) is 0 Å². The van der Waals surface area contributed by atoms with Crippen LogP contribution in [0.25, 0.3) is 0 Å². The molecule has 0 aliphatic heterocycles. The van der Waals surface area contributed by atoms with Crippen molar-refractivity contribution in [1.29, 1.82) is 0 Å². The molecule has 3 N–H and O–H groups in total. The average Bonchev–Trinajstić information content (AvgIpc) is 2.01. The maximum Gasteiger partial charge on any atom is 0.321 e. The topological polar surface area (TPSA) is 72.5 Å². The van der Waals surface area contributed by atoms with E-state index in [9.17, 15) is 4.79 Å². The molecule has 0 saturated carbocycles. The second-order valence-corrected chi connectivity index (χ2v) is 4.20. The van der Waals surface area contributed by atoms with E-state index in [1.54, 1.807) is 6.92 Å². The van der Waals surface area contributed by atoms with Gasteiger partial charge in [-0.3, -0.25) is 4.79 Å². The minimum Gasteiger partial charge on any atom is -0.480 e. The van der Waals surface area contributed by atoms with Crippen molar-refractivity contribution in [3.8, 4) is 0 Å². The van der Waals surface area contributed by atoms with Gasteiger partial charge in [-0.15, -0.1) is 11.8 Å². The van der Waals surface area contributed by atoms with Gasteiger partial charge in [0.05, 0.1) is 6.61 Å². The van der Waals surface area contributed by atoms with Gasteiger partial charge in [0, 0.05) is 19.4 Å². The third kappa shape index (κ3) is 3.42. The van der Waals surface area contributed by atoms with E-state index in [-0.39, 0.29) is 6.61 Å². The molecule has 1 atom stereocenters. The lowest BCUT2D eigenvalue weighted by Gasteiger charge is -2.22. The largest absolute Gasteiger partial charge is 0.480 e. The Morgan fingerprint density at radius 1 is 1.75 bits per heavy atom. The summed E-state index contributed by atoms with van der Waals surface area (Å²) in [7, 11) is 1.49. The lowest BCUT2D eigenvalue weighted by Crippen LogP contribution is -2.37. The van der Waals surface area contributed by atoms with Gasteiger partial charge in [0.1, 0.15) is 4.75 Å². The number of nitrogens with two attached hydrogens (primary N) is 1. The number of carboxylic acids is 1. The van der Waals surface area contributed by atoms with Crippen LogP contribution in [0.3, 0.4) is 0 Å². The van der Waals surface area contributed by atoms with Gasteiger partial charge in [0.15, 0.2) is 0 Å². The Balaban J connectivity index is 4.08. The highest BCUT2D eigenvalue weighted by molar-refractivity contribution is 8.01. The van der Waals surface area contributed by atoms with Crippen LogP contribution in [0.15, 0.2) is 0 Å². The minimum atomic E-state index is -0.867. The summed E-state index contributed by atoms with van der Waals surface area (Å²) in [6.45, 7) is 2.32. The van der Waals surface area contributed by atoms with Crippen LogP contribution < -0.4 is 5.73 Å². The van der Waals surface area contributed by atoms with Crippen LogP contribution in [0, 0.1) is 0 Å². The third-order valence-electron chi connectivity index (χ3n) is 1.41. The molecule has 5 heteroatoms. The number of hydrogen-bond acceptors (Lipinski definition) is 4. The summed E-state index contributed by atoms with van der Waals surface area (Å²) in [4.78, 5) is 10.8. The molecular weight excluding hydrogens is 178 g/mol. The fraction of sp³-hybridized carbons (Fsp3) is 0.857. The van der Waals surface area contributed by atoms with Crippen LogP contribution in [0.4, 0.5) is 0 Å². The Morgan fingerprint density at radius 3 is 2.67 bits per heavy atom. The van der Waals surface area contributed by atoms with Crippen LogP contribution in [0.5, 0.6) is 0 Å². The molecular formula is C7H15NO3S. The van der Waals surface area contributed by atoms with Crippen molar-refractivity contribution in [3.63, 3.8) is 0 Å². The lowest BCUT2D eigenvalue weighted by molar-refractivity contribution is -0.140. The number of rotatable bonds is 6. The number of carbonyl (C=O) groups is 1. The molecule has 0 bridgehead atoms. The molecule has 12 heavy (non-hydrogen) atoms. The second kappa shape index (κ2) is 5.40. The Morgan fingerprint density at radius 2 is 2.33 bits per heavy atom. The van der Waals surface area contributed by atoms with E-state index in [4.69, 9.17) is 15.6 Å². The number of hydrogen-bond donors (Lipinski definition) is 2. The van der Waals surface area contributed by atoms with Gasteiger partial charge in [0.25, 0.3) is 0 Å². The second-order valence-electron chi connectivity index (χ2n) is 2.61. The number of aliphatic carboxylic acids is 1. The van der Waals surface area contributed by atoms with E-state index in [1.165, 1.54) is 18.9 Å². The van der Waals surface area contributed by atoms with Gasteiger partial charge in [-0.1, -0.05) is 0 Å². The van der Waals surface area contributed by atoms with Crippen molar-refractivity contribution in [2.24, 2.45) is 5.73 Å². The first-order valence-corrected chi connectivity index (χ1v) is 4.61. The Bertz CT molecular complexity index is 154. The van der Waals surface area contributed by atoms with Gasteiger partial charge in [-0.2, -0.15) is 0 Å². The van der Waals surface area contributed by atoms with Crippen LogP contribution in [0.1, 0.15) is 6.92 Å². The van der Waals surface area contributed by atoms with Gasteiger partial charge < -0.3 is 15.6 Å². The molecule has 0 aliphatic rings. The first-order chi connectivity index (χ1) is 5.56. The highest BCUT2D eigenvalue weighted by atomic mass is 32.2. The summed E-state index contributed by atoms with van der Waals surface area (Å²) in [5.41, 5.74) is 5.28. The van der Waals surface area contributed by atoms with E-state index in [1.807, 2.05) is 0 Å². The molecule has 0 aromatic heterocycles. The summed E-state index contributed by atoms with van der Waals surface area (Å²) < 4.78 is 3.96. The smallest absolute Gasteiger partial charge is 0.321 e. The van der Waals surface area contributed by atoms with Gasteiger partial charge in [-0.25, -0.2) is 0 Å². The van der Waals surface area contributed by atoms with Crippen molar-refractivity contribution < 1.29 is 14.6 Å². The van der Waals surface area contributed by atoms with Crippen molar-refractivity contribution >= 4 is 17.7 Å². The first kappa shape index (κ1) is 11.7. The van der Waals surface area contributed by atoms with E-state index < -0.39 is 10.7 Å². The third-order valence-corrected chi connectivity index (χ3v) is 2.78. The molecule has 0 rings (SSSR count). The predicted octanol–water partition coefficient (Wildman–Crippen LogP) is 0.168. The van der Waals surface area contributed by atoms with E-state index in [0.717, 1.165) is 0 Å². The fourth-order valence-electron chi connectivity index (χ4n) is 0.725. The molecule has 0 fully saturated rings. The Kier molecular flexibility index (Phi) is 5.28. The SMILES string of the molecule is COCC(C)(SCCN)C(=O)O. The van der Waals surface area contributed by atoms with E-state index >= 15 is 0 Å². The normalized spacial score (nSPS) is 15.6. The van der Waals surface area contributed by atoms with Gasteiger partial charge in [0.2, 0.25) is 0 Å². The van der Waals surface area contributed by atoms with Crippen LogP contribution in [0.2, 0.25) is 0 Å². The number of thioether (sulfide) groups is 1. The number of ether oxygens (including phenoxy) is 1. The Hall–Kier alpha value is -0.260. The zero-order valence-corrected chi connectivity index (χ0v) is 8.19. The Labute approximate surface area is 76.5 Å². The maximum atomic E-state index is 10.8. The lowest BCUT2D eigenvalue weighted by atomic mass is 10.2. The van der Waals surface area contributed by atoms with E-state index in [2.05, 4.69) is 0 Å². The highest BCUT2D eigenvalue weighted by Gasteiger charge is 2.33. The quantitative estimate of drug-likeness (QED) is 0.629. The number of carboxylic acid groups (broad SMARTS) is 1. The summed E-state index contributed by atoms with van der Waals surface area (Å²) in [5.74, 6) is -0.227. The summed E-state index contributed by atoms with van der Waals surface area (Å²) in [6.07, 6.45) is 0. The van der Waals surface area contributed by atoms with Gasteiger partial charge in [-0.05, 0) is 6.92 Å². The molecule has 4 nitrogen and oxygen atoms in total. The zero-order chi connectivity index (χ0) is 9.61. The molecule has 0 spiro atoms. The average molecular weight is 193 g/mol. The van der Waals surface area contributed by atoms with Crippen molar-refractivity contribution in [2.45, 2.75) is 11.7 Å². The maximum absolute atomic E-state index is 10.8. The van der Waals surface area contributed by atoms with Crippen molar-refractivity contribution in [1.82, 2.24) is 0 Å². The molecule has 0 aromatic carbocycles. The van der Waals surface area contributed by atoms with Crippen LogP contribution >= 0.6 is 11.8 Å². The van der Waals surface area contributed by atoms with Crippen molar-refractivity contribution in [2.75, 3.05) is 26.0 Å². The highest BCUT2D eigenvalue weighted by Crippen LogP contribution is 2.24. The molecule has 72 valence electrons. The van der Waals surface area contributed by atoms with Gasteiger partial charge >= 0.3 is 5.97 Å². The standard InChI is InChI=1S/C7H15NO3S/c1-7(5-11-2,6(9)10)12-4-3-8/h3-5,8H2,1-2H3,(H,9,10). The monoisotopic (exact) mass is 193 g/mol. The molecule has 0 aliphatic carbocycles. The summed E-state index contributed by atoms with van der Waals surface area (Å²) in [6, 6.07) is 0. The number of methoxy groups -OCH3 is 1. The fourth-order valence-corrected chi connectivity index (χ4v) is 1.62. The molecule has 1 unspecified atom stereocenters. The van der Waals surface area contributed by atoms with Crippen LogP contribution in [-0.4, -0.2) is 41.8 Å². The molecule has 0 aromatic rings.